The third-order valence-corrected chi connectivity index (χ3v) is 3.56. The van der Waals surface area contributed by atoms with Crippen LogP contribution in [0, 0.1) is 0 Å². The number of carboxylic acids is 1. The number of carboxylic acid groups (broad SMARTS) is 1. The second kappa shape index (κ2) is 7.66. The van der Waals surface area contributed by atoms with Gasteiger partial charge in [-0.1, -0.05) is 29.8 Å². The van der Waals surface area contributed by atoms with E-state index in [0.29, 0.717) is 16.3 Å². The number of ether oxygens (including phenoxy) is 1. The number of rotatable bonds is 5. The van der Waals surface area contributed by atoms with Crippen LogP contribution >= 0.6 is 11.6 Å². The third-order valence-electron chi connectivity index (χ3n) is 3.33. The van der Waals surface area contributed by atoms with Gasteiger partial charge in [0.25, 0.3) is 5.91 Å². The van der Waals surface area contributed by atoms with Crippen LogP contribution in [-0.4, -0.2) is 24.1 Å². The maximum absolute atomic E-state index is 12.3. The van der Waals surface area contributed by atoms with Crippen molar-refractivity contribution < 1.29 is 19.4 Å². The Kier molecular flexibility index (Phi) is 5.60. The van der Waals surface area contributed by atoms with Crippen LogP contribution in [0.2, 0.25) is 5.02 Å². The summed E-state index contributed by atoms with van der Waals surface area (Å²) in [4.78, 5) is 23.6. The molecule has 0 aromatic heterocycles. The van der Waals surface area contributed by atoms with Gasteiger partial charge >= 0.3 is 5.97 Å². The van der Waals surface area contributed by atoms with Gasteiger partial charge in [0, 0.05) is 16.2 Å². The standard InChI is InChI=1S/C18H16ClNO4/c1-11(9-12-5-3-4-6-16(12)24-2)17(21)20-15-10-13(19)7-8-14(15)18(22)23/h3-10H,1-2H3,(H,20,21)(H,22,23)/b11-9+. The molecular weight excluding hydrogens is 330 g/mol. The van der Waals surface area contributed by atoms with Gasteiger partial charge < -0.3 is 15.2 Å². The van der Waals surface area contributed by atoms with Gasteiger partial charge in [-0.3, -0.25) is 4.79 Å². The highest BCUT2D eigenvalue weighted by atomic mass is 35.5. The minimum Gasteiger partial charge on any atom is -0.496 e. The Bertz CT molecular complexity index is 814. The molecule has 2 aromatic carbocycles. The number of benzene rings is 2. The Balaban J connectivity index is 2.28. The first-order valence-corrected chi connectivity index (χ1v) is 7.45. The molecule has 2 aromatic rings. The van der Waals surface area contributed by atoms with Gasteiger partial charge in [-0.05, 0) is 37.3 Å². The summed E-state index contributed by atoms with van der Waals surface area (Å²) in [6, 6.07) is 11.5. The van der Waals surface area contributed by atoms with Crippen molar-refractivity contribution in [2.45, 2.75) is 6.92 Å². The Hall–Kier alpha value is -2.79. The molecule has 0 saturated heterocycles. The van der Waals surface area contributed by atoms with Crippen molar-refractivity contribution in [3.05, 3.63) is 64.2 Å². The van der Waals surface area contributed by atoms with Gasteiger partial charge in [0.2, 0.25) is 0 Å². The van der Waals surface area contributed by atoms with Crippen LogP contribution in [-0.2, 0) is 4.79 Å². The number of carbonyl (C=O) groups is 2. The number of amides is 1. The zero-order chi connectivity index (χ0) is 17.7. The minimum atomic E-state index is -1.15. The van der Waals surface area contributed by atoms with E-state index in [1.54, 1.807) is 26.2 Å². The number of nitrogens with one attached hydrogen (secondary N) is 1. The Morgan fingerprint density at radius 2 is 1.92 bits per heavy atom. The lowest BCUT2D eigenvalue weighted by atomic mass is 10.1. The van der Waals surface area contributed by atoms with Crippen molar-refractivity contribution in [2.75, 3.05) is 12.4 Å². The molecule has 0 aliphatic rings. The Morgan fingerprint density at radius 3 is 2.58 bits per heavy atom. The monoisotopic (exact) mass is 345 g/mol. The van der Waals surface area contributed by atoms with E-state index in [4.69, 9.17) is 16.3 Å². The number of carbonyl (C=O) groups excluding carboxylic acids is 1. The molecule has 0 heterocycles. The van der Waals surface area contributed by atoms with E-state index in [0.717, 1.165) is 5.56 Å². The fourth-order valence-electron chi connectivity index (χ4n) is 2.11. The Morgan fingerprint density at radius 1 is 1.21 bits per heavy atom. The molecular formula is C18H16ClNO4. The third kappa shape index (κ3) is 4.14. The average molecular weight is 346 g/mol. The smallest absolute Gasteiger partial charge is 0.337 e. The summed E-state index contributed by atoms with van der Waals surface area (Å²) in [7, 11) is 1.55. The van der Waals surface area contributed by atoms with E-state index < -0.39 is 11.9 Å². The summed E-state index contributed by atoms with van der Waals surface area (Å²) < 4.78 is 5.24. The molecule has 124 valence electrons. The van der Waals surface area contributed by atoms with E-state index >= 15 is 0 Å². The molecule has 0 atom stereocenters. The first-order valence-electron chi connectivity index (χ1n) is 7.08. The zero-order valence-electron chi connectivity index (χ0n) is 13.2. The molecule has 0 saturated carbocycles. The lowest BCUT2D eigenvalue weighted by Crippen LogP contribution is -2.15. The van der Waals surface area contributed by atoms with Crippen LogP contribution < -0.4 is 10.1 Å². The summed E-state index contributed by atoms with van der Waals surface area (Å²) in [5.74, 6) is -0.933. The summed E-state index contributed by atoms with van der Waals surface area (Å²) in [5, 5.41) is 12.1. The molecule has 0 radical (unpaired) electrons. The summed E-state index contributed by atoms with van der Waals surface area (Å²) in [5.41, 5.74) is 1.26. The van der Waals surface area contributed by atoms with E-state index in [2.05, 4.69) is 5.32 Å². The number of hydrogen-bond acceptors (Lipinski definition) is 3. The molecule has 0 aliphatic heterocycles. The fraction of sp³-hybridized carbons (Fsp3) is 0.111. The molecule has 5 nitrogen and oxygen atoms in total. The summed E-state index contributed by atoms with van der Waals surface area (Å²) in [6.45, 7) is 1.63. The van der Waals surface area contributed by atoms with Crippen molar-refractivity contribution in [2.24, 2.45) is 0 Å². The van der Waals surface area contributed by atoms with Crippen molar-refractivity contribution in [1.82, 2.24) is 0 Å². The van der Waals surface area contributed by atoms with Crippen LogP contribution in [0.1, 0.15) is 22.8 Å². The predicted molar refractivity (Wildman–Crippen MR) is 93.7 cm³/mol. The van der Waals surface area contributed by atoms with Crippen molar-refractivity contribution in [1.29, 1.82) is 0 Å². The average Bonchev–Trinajstić information content (AvgIpc) is 2.55. The number of anilines is 1. The lowest BCUT2D eigenvalue weighted by Gasteiger charge is -2.10. The van der Waals surface area contributed by atoms with E-state index in [1.807, 2.05) is 18.2 Å². The van der Waals surface area contributed by atoms with Crippen LogP contribution in [0.4, 0.5) is 5.69 Å². The van der Waals surface area contributed by atoms with Gasteiger partial charge in [-0.2, -0.15) is 0 Å². The minimum absolute atomic E-state index is 0.0298. The highest BCUT2D eigenvalue weighted by Gasteiger charge is 2.14. The van der Waals surface area contributed by atoms with Gasteiger partial charge in [0.1, 0.15) is 5.75 Å². The molecule has 6 heteroatoms. The number of halogens is 1. The maximum atomic E-state index is 12.3. The number of hydrogen-bond donors (Lipinski definition) is 2. The number of methoxy groups -OCH3 is 1. The van der Waals surface area contributed by atoms with Crippen LogP contribution in [0.15, 0.2) is 48.0 Å². The SMILES string of the molecule is COc1ccccc1/C=C(\C)C(=O)Nc1cc(Cl)ccc1C(=O)O. The van der Waals surface area contributed by atoms with Crippen LogP contribution in [0.3, 0.4) is 0 Å². The van der Waals surface area contributed by atoms with Crippen LogP contribution in [0.5, 0.6) is 5.75 Å². The second-order valence-corrected chi connectivity index (χ2v) is 5.45. The molecule has 2 N–H and O–H groups in total. The van der Waals surface area contributed by atoms with Crippen molar-refractivity contribution in [3.8, 4) is 5.75 Å². The fourth-order valence-corrected chi connectivity index (χ4v) is 2.28. The summed E-state index contributed by atoms with van der Waals surface area (Å²) in [6.07, 6.45) is 1.67. The second-order valence-electron chi connectivity index (χ2n) is 5.02. The zero-order valence-corrected chi connectivity index (χ0v) is 13.9. The van der Waals surface area contributed by atoms with Gasteiger partial charge in [-0.15, -0.1) is 0 Å². The molecule has 24 heavy (non-hydrogen) atoms. The molecule has 1 amide bonds. The highest BCUT2D eigenvalue weighted by Crippen LogP contribution is 2.23. The van der Waals surface area contributed by atoms with Crippen LogP contribution in [0.25, 0.3) is 6.08 Å². The van der Waals surface area contributed by atoms with Gasteiger partial charge in [-0.25, -0.2) is 4.79 Å². The normalized spacial score (nSPS) is 11.0. The Labute approximate surface area is 144 Å². The molecule has 0 unspecified atom stereocenters. The predicted octanol–water partition coefficient (Wildman–Crippen LogP) is 4.09. The molecule has 0 bridgehead atoms. The van der Waals surface area contributed by atoms with Crippen molar-refractivity contribution >= 4 is 35.2 Å². The number of para-hydroxylation sites is 1. The molecule has 0 spiro atoms. The van der Waals surface area contributed by atoms with E-state index in [-0.39, 0.29) is 11.3 Å². The highest BCUT2D eigenvalue weighted by molar-refractivity contribution is 6.31. The number of aromatic carboxylic acids is 1. The van der Waals surface area contributed by atoms with Crippen molar-refractivity contribution in [3.63, 3.8) is 0 Å². The maximum Gasteiger partial charge on any atom is 0.337 e. The topological polar surface area (TPSA) is 75.6 Å². The molecule has 0 aliphatic carbocycles. The quantitative estimate of drug-likeness (QED) is 0.800. The molecule has 2 rings (SSSR count). The van der Waals surface area contributed by atoms with Gasteiger partial charge in [0.05, 0.1) is 18.4 Å². The van der Waals surface area contributed by atoms with E-state index in [1.165, 1.54) is 18.2 Å². The lowest BCUT2D eigenvalue weighted by molar-refractivity contribution is -0.112. The molecule has 0 fully saturated rings. The van der Waals surface area contributed by atoms with Gasteiger partial charge in [0.15, 0.2) is 0 Å². The largest absolute Gasteiger partial charge is 0.496 e. The summed E-state index contributed by atoms with van der Waals surface area (Å²) >= 11 is 5.88. The first kappa shape index (κ1) is 17.6. The van der Waals surface area contributed by atoms with E-state index in [9.17, 15) is 14.7 Å². The first-order chi connectivity index (χ1) is 11.4.